The normalized spacial score (nSPS) is 10.8. The van der Waals surface area contributed by atoms with Gasteiger partial charge in [0.25, 0.3) is 0 Å². The van der Waals surface area contributed by atoms with E-state index in [4.69, 9.17) is 9.47 Å². The first-order valence-corrected chi connectivity index (χ1v) is 8.11. The van der Waals surface area contributed by atoms with E-state index < -0.39 is 0 Å². The number of methoxy groups -OCH3 is 1. The van der Waals surface area contributed by atoms with Gasteiger partial charge in [-0.3, -0.25) is 4.40 Å². The highest BCUT2D eigenvalue weighted by molar-refractivity contribution is 5.43. The van der Waals surface area contributed by atoms with Gasteiger partial charge in [-0.2, -0.15) is 0 Å². The molecule has 3 aromatic rings. The molecule has 6 nitrogen and oxygen atoms in total. The van der Waals surface area contributed by atoms with Gasteiger partial charge in [-0.05, 0) is 42.3 Å². The Morgan fingerprint density at radius 2 is 2.04 bits per heavy atom. The van der Waals surface area contributed by atoms with Crippen LogP contribution in [0, 0.1) is 0 Å². The molecular formula is C19H22N4O2. The van der Waals surface area contributed by atoms with E-state index in [2.05, 4.69) is 22.1 Å². The Bertz CT molecular complexity index is 873. The molecule has 6 heteroatoms. The number of benzene rings is 1. The third-order valence-corrected chi connectivity index (χ3v) is 3.70. The van der Waals surface area contributed by atoms with Crippen LogP contribution in [0.15, 0.2) is 54.7 Å². The number of nitrogens with one attached hydrogen (secondary N) is 1. The van der Waals surface area contributed by atoms with Crippen LogP contribution < -0.4 is 14.8 Å². The van der Waals surface area contributed by atoms with E-state index in [-0.39, 0.29) is 0 Å². The van der Waals surface area contributed by atoms with Crippen molar-refractivity contribution in [1.29, 1.82) is 0 Å². The third-order valence-electron chi connectivity index (χ3n) is 3.70. The first kappa shape index (κ1) is 17.0. The Morgan fingerprint density at radius 3 is 2.84 bits per heavy atom. The Kier molecular flexibility index (Phi) is 5.30. The number of ether oxygens (including phenoxy) is 2. The molecule has 0 bridgehead atoms. The minimum Gasteiger partial charge on any atom is -0.493 e. The Hall–Kier alpha value is -2.86. The SMILES string of the molecule is C=C(C)COc1cc(CNCc2nnc3ccccn23)ccc1OC. The predicted octanol–water partition coefficient (Wildman–Crippen LogP) is 2.98. The van der Waals surface area contributed by atoms with Crippen LogP contribution >= 0.6 is 0 Å². The summed E-state index contributed by atoms with van der Waals surface area (Å²) in [5, 5.41) is 11.8. The number of aromatic nitrogens is 3. The molecule has 0 aliphatic carbocycles. The van der Waals surface area contributed by atoms with Crippen LogP contribution in [0.2, 0.25) is 0 Å². The van der Waals surface area contributed by atoms with Crippen LogP contribution in [0.4, 0.5) is 0 Å². The van der Waals surface area contributed by atoms with Gasteiger partial charge in [-0.25, -0.2) is 0 Å². The molecule has 0 aliphatic heterocycles. The van der Waals surface area contributed by atoms with Crippen LogP contribution in [-0.2, 0) is 13.1 Å². The Labute approximate surface area is 147 Å². The van der Waals surface area contributed by atoms with Crippen molar-refractivity contribution in [1.82, 2.24) is 19.9 Å². The lowest BCUT2D eigenvalue weighted by molar-refractivity contribution is 0.319. The highest BCUT2D eigenvalue weighted by Gasteiger charge is 2.07. The standard InChI is InChI=1S/C19H22N4O2/c1-14(2)13-25-17-10-15(7-8-16(17)24-3)11-20-12-19-22-21-18-6-4-5-9-23(18)19/h4-10,20H,1,11-13H2,2-3H3. The average Bonchev–Trinajstić information content (AvgIpc) is 3.03. The van der Waals surface area contributed by atoms with E-state index >= 15 is 0 Å². The van der Waals surface area contributed by atoms with Gasteiger partial charge < -0.3 is 14.8 Å². The number of pyridine rings is 1. The molecule has 0 aliphatic rings. The molecule has 2 heterocycles. The minimum atomic E-state index is 0.471. The van der Waals surface area contributed by atoms with Crippen molar-refractivity contribution in [2.24, 2.45) is 0 Å². The van der Waals surface area contributed by atoms with Gasteiger partial charge in [0, 0.05) is 12.7 Å². The fourth-order valence-corrected chi connectivity index (χ4v) is 2.47. The maximum atomic E-state index is 5.76. The van der Waals surface area contributed by atoms with Crippen molar-refractivity contribution in [2.45, 2.75) is 20.0 Å². The summed E-state index contributed by atoms with van der Waals surface area (Å²) in [6.45, 7) is 7.57. The van der Waals surface area contributed by atoms with E-state index in [9.17, 15) is 0 Å². The fraction of sp³-hybridized carbons (Fsp3) is 0.263. The van der Waals surface area contributed by atoms with Crippen molar-refractivity contribution >= 4 is 5.65 Å². The van der Waals surface area contributed by atoms with E-state index in [1.54, 1.807) is 7.11 Å². The lowest BCUT2D eigenvalue weighted by Gasteiger charge is -2.12. The van der Waals surface area contributed by atoms with E-state index in [0.29, 0.717) is 25.4 Å². The lowest BCUT2D eigenvalue weighted by Crippen LogP contribution is -2.15. The second-order valence-electron chi connectivity index (χ2n) is 5.88. The second-order valence-corrected chi connectivity index (χ2v) is 5.88. The predicted molar refractivity (Wildman–Crippen MR) is 96.8 cm³/mol. The van der Waals surface area contributed by atoms with Crippen LogP contribution in [0.1, 0.15) is 18.3 Å². The maximum Gasteiger partial charge on any atom is 0.161 e. The van der Waals surface area contributed by atoms with Crippen molar-refractivity contribution in [2.75, 3.05) is 13.7 Å². The summed E-state index contributed by atoms with van der Waals surface area (Å²) in [5.41, 5.74) is 2.91. The number of rotatable bonds is 8. The summed E-state index contributed by atoms with van der Waals surface area (Å²) in [4.78, 5) is 0. The zero-order valence-electron chi connectivity index (χ0n) is 14.5. The number of hydrogen-bond acceptors (Lipinski definition) is 5. The molecule has 0 radical (unpaired) electrons. The van der Waals surface area contributed by atoms with Crippen molar-refractivity contribution in [3.8, 4) is 11.5 Å². The molecule has 0 saturated carbocycles. The molecule has 0 fully saturated rings. The van der Waals surface area contributed by atoms with Gasteiger partial charge in [0.2, 0.25) is 0 Å². The Morgan fingerprint density at radius 1 is 1.16 bits per heavy atom. The van der Waals surface area contributed by atoms with Crippen molar-refractivity contribution in [3.05, 3.63) is 66.1 Å². The van der Waals surface area contributed by atoms with E-state index in [0.717, 1.165) is 28.4 Å². The molecular weight excluding hydrogens is 316 g/mol. The summed E-state index contributed by atoms with van der Waals surface area (Å²) in [6.07, 6.45) is 1.96. The minimum absolute atomic E-state index is 0.471. The van der Waals surface area contributed by atoms with Crippen LogP contribution in [0.25, 0.3) is 5.65 Å². The molecule has 2 aromatic heterocycles. The number of fused-ring (bicyclic) bond motifs is 1. The smallest absolute Gasteiger partial charge is 0.161 e. The summed E-state index contributed by atoms with van der Waals surface area (Å²) >= 11 is 0. The molecule has 0 unspecified atom stereocenters. The third kappa shape index (κ3) is 4.16. The summed E-state index contributed by atoms with van der Waals surface area (Å²) < 4.78 is 13.1. The molecule has 0 saturated heterocycles. The monoisotopic (exact) mass is 338 g/mol. The number of nitrogens with zero attached hydrogens (tertiary/aromatic N) is 3. The fourth-order valence-electron chi connectivity index (χ4n) is 2.47. The summed E-state index contributed by atoms with van der Waals surface area (Å²) in [7, 11) is 1.64. The average molecular weight is 338 g/mol. The van der Waals surface area contributed by atoms with E-state index in [1.165, 1.54) is 0 Å². The molecule has 1 aromatic carbocycles. The van der Waals surface area contributed by atoms with Gasteiger partial charge in [0.15, 0.2) is 23.0 Å². The zero-order valence-corrected chi connectivity index (χ0v) is 14.5. The molecule has 25 heavy (non-hydrogen) atoms. The summed E-state index contributed by atoms with van der Waals surface area (Å²) in [6, 6.07) is 11.8. The second kappa shape index (κ2) is 7.81. The summed E-state index contributed by atoms with van der Waals surface area (Å²) in [5.74, 6) is 2.31. The van der Waals surface area contributed by atoms with Crippen molar-refractivity contribution < 1.29 is 9.47 Å². The van der Waals surface area contributed by atoms with Gasteiger partial charge in [0.1, 0.15) is 6.61 Å². The first-order chi connectivity index (χ1) is 12.2. The van der Waals surface area contributed by atoms with Crippen LogP contribution in [0.3, 0.4) is 0 Å². The lowest BCUT2D eigenvalue weighted by atomic mass is 10.2. The topological polar surface area (TPSA) is 60.7 Å². The largest absolute Gasteiger partial charge is 0.493 e. The molecule has 0 spiro atoms. The molecule has 1 N–H and O–H groups in total. The van der Waals surface area contributed by atoms with Gasteiger partial charge >= 0.3 is 0 Å². The van der Waals surface area contributed by atoms with Crippen LogP contribution in [-0.4, -0.2) is 28.3 Å². The molecule has 0 amide bonds. The maximum absolute atomic E-state index is 5.76. The molecule has 130 valence electrons. The van der Waals surface area contributed by atoms with Gasteiger partial charge in [-0.15, -0.1) is 10.2 Å². The Balaban J connectivity index is 1.64. The highest BCUT2D eigenvalue weighted by Crippen LogP contribution is 2.28. The first-order valence-electron chi connectivity index (χ1n) is 8.11. The molecule has 0 atom stereocenters. The molecule has 3 rings (SSSR count). The van der Waals surface area contributed by atoms with E-state index in [1.807, 2.05) is 53.9 Å². The zero-order chi connectivity index (χ0) is 17.6. The van der Waals surface area contributed by atoms with Crippen molar-refractivity contribution in [3.63, 3.8) is 0 Å². The quantitative estimate of drug-likeness (QED) is 0.640. The van der Waals surface area contributed by atoms with Crippen LogP contribution in [0.5, 0.6) is 11.5 Å². The number of hydrogen-bond donors (Lipinski definition) is 1. The highest BCUT2D eigenvalue weighted by atomic mass is 16.5. The van der Waals surface area contributed by atoms with Gasteiger partial charge in [-0.1, -0.05) is 18.7 Å². The van der Waals surface area contributed by atoms with Gasteiger partial charge in [0.05, 0.1) is 13.7 Å².